The molecule has 144 valence electrons. The average Bonchev–Trinajstić information content (AvgIpc) is 3.41. The van der Waals surface area contributed by atoms with Crippen molar-refractivity contribution in [2.45, 2.75) is 13.8 Å². The summed E-state index contributed by atoms with van der Waals surface area (Å²) >= 11 is 1.64. The summed E-state index contributed by atoms with van der Waals surface area (Å²) in [6, 6.07) is 18.2. The van der Waals surface area contributed by atoms with E-state index in [-0.39, 0.29) is 0 Å². The van der Waals surface area contributed by atoms with Gasteiger partial charge >= 0.3 is 0 Å². The SMILES string of the molecule is C/C(=N\NC1=NCCN1)c1sc(-c2ccc(C#Cc3ccccc3)cc2)nc1C. The Kier molecular flexibility index (Phi) is 5.68. The van der Waals surface area contributed by atoms with Crippen molar-refractivity contribution < 1.29 is 0 Å². The van der Waals surface area contributed by atoms with Gasteiger partial charge < -0.3 is 5.32 Å². The third-order valence-corrected chi connectivity index (χ3v) is 5.70. The fraction of sp³-hybridized carbons (Fsp3) is 0.174. The summed E-state index contributed by atoms with van der Waals surface area (Å²) < 4.78 is 0. The van der Waals surface area contributed by atoms with E-state index in [0.29, 0.717) is 0 Å². The average molecular weight is 400 g/mol. The van der Waals surface area contributed by atoms with Crippen LogP contribution in [0, 0.1) is 18.8 Å². The van der Waals surface area contributed by atoms with Crippen LogP contribution in [0.5, 0.6) is 0 Å². The van der Waals surface area contributed by atoms with Crippen LogP contribution in [-0.2, 0) is 0 Å². The minimum atomic E-state index is 0.721. The Labute approximate surface area is 174 Å². The highest BCUT2D eigenvalue weighted by Crippen LogP contribution is 2.28. The molecule has 0 radical (unpaired) electrons. The second-order valence-corrected chi connectivity index (χ2v) is 7.59. The molecular formula is C23H21N5S. The smallest absolute Gasteiger partial charge is 0.212 e. The molecule has 0 aliphatic carbocycles. The predicted octanol–water partition coefficient (Wildman–Crippen LogP) is 3.79. The summed E-state index contributed by atoms with van der Waals surface area (Å²) in [5, 5.41) is 8.56. The maximum atomic E-state index is 4.73. The van der Waals surface area contributed by atoms with Gasteiger partial charge in [0.15, 0.2) is 0 Å². The molecule has 2 heterocycles. The standard InChI is InChI=1S/C23H21N5S/c1-16-21(17(2)27-28-23-24-14-15-25-23)29-22(26-16)20-12-10-19(11-13-20)9-8-18-6-4-3-5-7-18/h3-7,10-13H,14-15H2,1-2H3,(H2,24,25,28)/b27-17+. The van der Waals surface area contributed by atoms with E-state index >= 15 is 0 Å². The van der Waals surface area contributed by atoms with Crippen LogP contribution in [0.2, 0.25) is 0 Å². The molecule has 0 saturated carbocycles. The van der Waals surface area contributed by atoms with Crippen molar-refractivity contribution >= 4 is 23.0 Å². The minimum absolute atomic E-state index is 0.721. The van der Waals surface area contributed by atoms with Crippen LogP contribution in [0.15, 0.2) is 64.7 Å². The Balaban J connectivity index is 1.50. The molecule has 0 saturated heterocycles. The molecule has 0 amide bonds. The van der Waals surface area contributed by atoms with Crippen molar-refractivity contribution in [2.24, 2.45) is 10.1 Å². The topological polar surface area (TPSA) is 61.7 Å². The first-order chi connectivity index (χ1) is 14.2. The Morgan fingerprint density at radius 1 is 1.07 bits per heavy atom. The summed E-state index contributed by atoms with van der Waals surface area (Å²) in [6.07, 6.45) is 0. The van der Waals surface area contributed by atoms with Gasteiger partial charge in [0.25, 0.3) is 0 Å². The molecule has 5 nitrogen and oxygen atoms in total. The molecule has 3 aromatic rings. The highest BCUT2D eigenvalue weighted by molar-refractivity contribution is 7.17. The van der Waals surface area contributed by atoms with Gasteiger partial charge in [-0.1, -0.05) is 42.2 Å². The van der Waals surface area contributed by atoms with E-state index in [4.69, 9.17) is 4.98 Å². The zero-order valence-corrected chi connectivity index (χ0v) is 17.2. The molecule has 1 aliphatic rings. The van der Waals surface area contributed by atoms with Crippen molar-refractivity contribution in [3.63, 3.8) is 0 Å². The number of nitrogens with zero attached hydrogens (tertiary/aromatic N) is 3. The molecule has 1 aromatic heterocycles. The molecule has 0 atom stereocenters. The Morgan fingerprint density at radius 2 is 1.79 bits per heavy atom. The van der Waals surface area contributed by atoms with Crippen LogP contribution < -0.4 is 10.7 Å². The van der Waals surface area contributed by atoms with E-state index in [1.54, 1.807) is 11.3 Å². The lowest BCUT2D eigenvalue weighted by Gasteiger charge is -2.02. The molecule has 1 aliphatic heterocycles. The van der Waals surface area contributed by atoms with Crippen molar-refractivity contribution in [3.05, 3.63) is 76.3 Å². The van der Waals surface area contributed by atoms with Crippen molar-refractivity contribution in [2.75, 3.05) is 13.1 Å². The molecule has 6 heteroatoms. The summed E-state index contributed by atoms with van der Waals surface area (Å²) in [7, 11) is 0. The number of aromatic nitrogens is 1. The number of benzene rings is 2. The maximum Gasteiger partial charge on any atom is 0.212 e. The fourth-order valence-corrected chi connectivity index (χ4v) is 3.89. The molecular weight excluding hydrogens is 378 g/mol. The maximum absolute atomic E-state index is 4.73. The van der Waals surface area contributed by atoms with Crippen LogP contribution >= 0.6 is 11.3 Å². The first kappa shape index (κ1) is 18.9. The van der Waals surface area contributed by atoms with E-state index in [9.17, 15) is 0 Å². The van der Waals surface area contributed by atoms with Crippen molar-refractivity contribution in [1.29, 1.82) is 0 Å². The number of hydrogen-bond donors (Lipinski definition) is 2. The van der Waals surface area contributed by atoms with E-state index in [1.807, 2.05) is 56.3 Å². The van der Waals surface area contributed by atoms with Gasteiger partial charge in [-0.2, -0.15) is 5.10 Å². The highest BCUT2D eigenvalue weighted by Gasteiger charge is 2.12. The number of aryl methyl sites for hydroxylation is 1. The van der Waals surface area contributed by atoms with E-state index in [0.717, 1.165) is 57.0 Å². The van der Waals surface area contributed by atoms with Crippen LogP contribution in [0.3, 0.4) is 0 Å². The number of nitrogens with one attached hydrogen (secondary N) is 2. The van der Waals surface area contributed by atoms with Crippen LogP contribution in [-0.4, -0.2) is 29.7 Å². The first-order valence-electron chi connectivity index (χ1n) is 9.43. The monoisotopic (exact) mass is 399 g/mol. The van der Waals surface area contributed by atoms with Gasteiger partial charge in [0.1, 0.15) is 5.01 Å². The number of hydrogen-bond acceptors (Lipinski definition) is 6. The zero-order chi connectivity index (χ0) is 20.1. The molecule has 4 rings (SSSR count). The molecule has 29 heavy (non-hydrogen) atoms. The lowest BCUT2D eigenvalue weighted by molar-refractivity contribution is 0.917. The fourth-order valence-electron chi connectivity index (χ4n) is 2.88. The summed E-state index contributed by atoms with van der Waals surface area (Å²) in [5.74, 6) is 7.11. The summed E-state index contributed by atoms with van der Waals surface area (Å²) in [4.78, 5) is 10.1. The molecule has 0 spiro atoms. The highest BCUT2D eigenvalue weighted by atomic mass is 32.1. The Bertz CT molecular complexity index is 1120. The van der Waals surface area contributed by atoms with Crippen molar-refractivity contribution in [3.8, 4) is 22.4 Å². The van der Waals surface area contributed by atoms with Gasteiger partial charge in [-0.3, -0.25) is 0 Å². The largest absolute Gasteiger partial charge is 0.353 e. The predicted molar refractivity (Wildman–Crippen MR) is 120 cm³/mol. The number of guanidine groups is 1. The van der Waals surface area contributed by atoms with Gasteiger partial charge in [0.2, 0.25) is 5.96 Å². The van der Waals surface area contributed by atoms with Gasteiger partial charge in [-0.05, 0) is 38.1 Å². The van der Waals surface area contributed by atoms with Gasteiger partial charge in [0.05, 0.1) is 22.8 Å². The normalized spacial score (nSPS) is 13.3. The molecule has 0 unspecified atom stereocenters. The number of aliphatic imine (C=N–C) groups is 1. The summed E-state index contributed by atoms with van der Waals surface area (Å²) in [5.41, 5.74) is 7.93. The lowest BCUT2D eigenvalue weighted by atomic mass is 10.1. The minimum Gasteiger partial charge on any atom is -0.353 e. The van der Waals surface area contributed by atoms with Crippen molar-refractivity contribution in [1.82, 2.24) is 15.7 Å². The van der Waals surface area contributed by atoms with E-state index < -0.39 is 0 Å². The second kappa shape index (κ2) is 8.72. The zero-order valence-electron chi connectivity index (χ0n) is 16.4. The van der Waals surface area contributed by atoms with Crippen LogP contribution in [0.25, 0.3) is 10.6 Å². The van der Waals surface area contributed by atoms with Gasteiger partial charge in [-0.15, -0.1) is 11.3 Å². The first-order valence-corrected chi connectivity index (χ1v) is 10.2. The van der Waals surface area contributed by atoms with Gasteiger partial charge in [-0.25, -0.2) is 15.4 Å². The third-order valence-electron chi connectivity index (χ3n) is 4.39. The quantitative estimate of drug-likeness (QED) is 0.400. The third kappa shape index (κ3) is 4.71. The number of rotatable bonds is 3. The molecule has 2 aromatic carbocycles. The van der Waals surface area contributed by atoms with Gasteiger partial charge in [0, 0.05) is 23.2 Å². The molecule has 2 N–H and O–H groups in total. The molecule has 0 fully saturated rings. The number of hydrazone groups is 1. The Morgan fingerprint density at radius 3 is 2.48 bits per heavy atom. The number of thiazole rings is 1. The van der Waals surface area contributed by atoms with Crippen LogP contribution in [0.4, 0.5) is 0 Å². The molecule has 0 bridgehead atoms. The lowest BCUT2D eigenvalue weighted by Crippen LogP contribution is -2.30. The van der Waals surface area contributed by atoms with Crippen LogP contribution in [0.1, 0.15) is 28.6 Å². The second-order valence-electron chi connectivity index (χ2n) is 6.59. The van der Waals surface area contributed by atoms with E-state index in [2.05, 4.69) is 44.8 Å². The van der Waals surface area contributed by atoms with E-state index in [1.165, 1.54) is 0 Å². The summed E-state index contributed by atoms with van der Waals surface area (Å²) in [6.45, 7) is 5.63. The Hall–Kier alpha value is -3.43.